The number of anilines is 1. The molecule has 3 saturated heterocycles. The monoisotopic (exact) mass is 389 g/mol. The van der Waals surface area contributed by atoms with Crippen molar-refractivity contribution in [1.29, 1.82) is 0 Å². The van der Waals surface area contributed by atoms with Crippen LogP contribution in [0, 0.1) is 11.7 Å². The molecule has 5 nitrogen and oxygen atoms in total. The van der Waals surface area contributed by atoms with Gasteiger partial charge in [0, 0.05) is 24.2 Å². The zero-order chi connectivity index (χ0) is 19.0. The molecular formula is C20H24FN3O2S. The molecule has 0 spiro atoms. The van der Waals surface area contributed by atoms with E-state index in [1.807, 2.05) is 19.9 Å². The number of hydrogen-bond donors (Lipinski definition) is 0. The smallest absolute Gasteiger partial charge is 0.415 e. The standard InChI is InChI=1S/C20H24FN3O2S/c1-13(2)24(20(25)26-18-12-23-9-7-15(18)8-10-23)19-11-17(22-27-19)14-3-5-16(21)6-4-14/h3-6,11,13,15,18H,7-10,12H2,1-2H3. The normalized spacial score (nSPS) is 24.2. The van der Waals surface area contributed by atoms with Gasteiger partial charge in [-0.25, -0.2) is 9.18 Å². The molecule has 144 valence electrons. The van der Waals surface area contributed by atoms with Gasteiger partial charge < -0.3 is 4.74 Å². The fraction of sp³-hybridized carbons (Fsp3) is 0.500. The van der Waals surface area contributed by atoms with Crippen LogP contribution in [0.15, 0.2) is 30.3 Å². The minimum absolute atomic E-state index is 0.0225. The first-order valence-corrected chi connectivity index (χ1v) is 10.2. The van der Waals surface area contributed by atoms with Crippen molar-refractivity contribution in [3.05, 3.63) is 36.1 Å². The van der Waals surface area contributed by atoms with E-state index in [0.717, 1.165) is 48.7 Å². The highest BCUT2D eigenvalue weighted by Gasteiger charge is 2.38. The molecule has 0 radical (unpaired) electrons. The number of halogens is 1. The Balaban J connectivity index is 1.50. The highest BCUT2D eigenvalue weighted by atomic mass is 32.1. The lowest BCUT2D eigenvalue weighted by Crippen LogP contribution is -2.53. The summed E-state index contributed by atoms with van der Waals surface area (Å²) in [7, 11) is 0. The summed E-state index contributed by atoms with van der Waals surface area (Å²) in [5, 5.41) is 0.746. The van der Waals surface area contributed by atoms with Gasteiger partial charge in [-0.3, -0.25) is 9.80 Å². The number of aromatic nitrogens is 1. The number of rotatable bonds is 4. The fourth-order valence-electron chi connectivity index (χ4n) is 3.92. The van der Waals surface area contributed by atoms with Crippen molar-refractivity contribution < 1.29 is 13.9 Å². The minimum atomic E-state index is -0.307. The lowest BCUT2D eigenvalue weighted by Gasteiger charge is -2.44. The first-order valence-electron chi connectivity index (χ1n) is 9.46. The van der Waals surface area contributed by atoms with E-state index in [4.69, 9.17) is 4.74 Å². The summed E-state index contributed by atoms with van der Waals surface area (Å²) in [6.07, 6.45) is 1.88. The van der Waals surface area contributed by atoms with E-state index in [0.29, 0.717) is 5.92 Å². The maximum atomic E-state index is 13.1. The van der Waals surface area contributed by atoms with Crippen molar-refractivity contribution in [2.45, 2.75) is 38.8 Å². The lowest BCUT2D eigenvalue weighted by molar-refractivity contribution is -0.0313. The molecule has 2 bridgehead atoms. The Morgan fingerprint density at radius 2 is 2.00 bits per heavy atom. The van der Waals surface area contributed by atoms with Gasteiger partial charge in [0.25, 0.3) is 0 Å². The van der Waals surface area contributed by atoms with Crippen LogP contribution >= 0.6 is 11.5 Å². The molecular weight excluding hydrogens is 365 g/mol. The van der Waals surface area contributed by atoms with Gasteiger partial charge in [-0.1, -0.05) is 0 Å². The summed E-state index contributed by atoms with van der Waals surface area (Å²) in [5.74, 6) is 0.198. The molecule has 0 saturated carbocycles. The lowest BCUT2D eigenvalue weighted by atomic mass is 9.86. The summed E-state index contributed by atoms with van der Waals surface area (Å²) in [6, 6.07) is 8.04. The summed E-state index contributed by atoms with van der Waals surface area (Å²) in [4.78, 5) is 17.0. The van der Waals surface area contributed by atoms with Crippen molar-refractivity contribution in [3.63, 3.8) is 0 Å². The van der Waals surface area contributed by atoms with E-state index >= 15 is 0 Å². The van der Waals surface area contributed by atoms with E-state index in [9.17, 15) is 9.18 Å². The van der Waals surface area contributed by atoms with E-state index in [2.05, 4.69) is 9.27 Å². The molecule has 1 aromatic carbocycles. The number of fused-ring (bicyclic) bond motifs is 3. The van der Waals surface area contributed by atoms with Crippen molar-refractivity contribution in [3.8, 4) is 11.3 Å². The second-order valence-corrected chi connectivity index (χ2v) is 8.36. The molecule has 4 heterocycles. The second-order valence-electron chi connectivity index (χ2n) is 7.58. The van der Waals surface area contributed by atoms with Gasteiger partial charge in [-0.15, -0.1) is 0 Å². The zero-order valence-electron chi connectivity index (χ0n) is 15.6. The first kappa shape index (κ1) is 18.4. The second kappa shape index (κ2) is 7.56. The average molecular weight is 389 g/mol. The number of hydrogen-bond acceptors (Lipinski definition) is 5. The Morgan fingerprint density at radius 1 is 1.30 bits per heavy atom. The van der Waals surface area contributed by atoms with Crippen molar-refractivity contribution in [1.82, 2.24) is 9.27 Å². The SMILES string of the molecule is CC(C)N(C(=O)OC1CN2CCC1CC2)c1cc(-c2ccc(F)cc2)ns1. The molecule has 0 aliphatic carbocycles. The topological polar surface area (TPSA) is 45.7 Å². The van der Waals surface area contributed by atoms with Crippen LogP contribution in [0.5, 0.6) is 0 Å². The van der Waals surface area contributed by atoms with E-state index in [1.165, 1.54) is 23.7 Å². The molecule has 1 unspecified atom stereocenters. The van der Waals surface area contributed by atoms with Crippen LogP contribution in [-0.4, -0.2) is 47.1 Å². The predicted octanol–water partition coefficient (Wildman–Crippen LogP) is 4.39. The minimum Gasteiger partial charge on any atom is -0.444 e. The van der Waals surface area contributed by atoms with Crippen LogP contribution in [0.25, 0.3) is 11.3 Å². The fourth-order valence-corrected chi connectivity index (χ4v) is 4.81. The number of amides is 1. The third-order valence-electron chi connectivity index (χ3n) is 5.44. The maximum Gasteiger partial charge on any atom is 0.415 e. The molecule has 1 atom stereocenters. The van der Waals surface area contributed by atoms with Crippen LogP contribution in [0.4, 0.5) is 14.2 Å². The van der Waals surface area contributed by atoms with Gasteiger partial charge in [0.15, 0.2) is 0 Å². The molecule has 3 fully saturated rings. The van der Waals surface area contributed by atoms with Gasteiger partial charge in [-0.2, -0.15) is 4.37 Å². The highest BCUT2D eigenvalue weighted by molar-refractivity contribution is 7.10. The van der Waals surface area contributed by atoms with Gasteiger partial charge in [-0.05, 0) is 81.5 Å². The molecule has 1 aromatic heterocycles. The molecule has 1 amide bonds. The molecule has 3 aliphatic heterocycles. The molecule has 5 rings (SSSR count). The Morgan fingerprint density at radius 3 is 2.59 bits per heavy atom. The van der Waals surface area contributed by atoms with Gasteiger partial charge in [0.2, 0.25) is 0 Å². The number of piperidine rings is 3. The number of carbonyl (C=O) groups excluding carboxylic acids is 1. The van der Waals surface area contributed by atoms with Crippen LogP contribution in [0.2, 0.25) is 0 Å². The molecule has 7 heteroatoms. The highest BCUT2D eigenvalue weighted by Crippen LogP contribution is 2.33. The van der Waals surface area contributed by atoms with Gasteiger partial charge in [0.1, 0.15) is 16.9 Å². The van der Waals surface area contributed by atoms with Crippen LogP contribution < -0.4 is 4.90 Å². The summed E-state index contributed by atoms with van der Waals surface area (Å²) >= 11 is 1.26. The quantitative estimate of drug-likeness (QED) is 0.778. The summed E-state index contributed by atoms with van der Waals surface area (Å²) in [5.41, 5.74) is 1.56. The van der Waals surface area contributed by atoms with Crippen LogP contribution in [-0.2, 0) is 4.74 Å². The summed E-state index contributed by atoms with van der Waals surface area (Å²) in [6.45, 7) is 7.00. The number of benzene rings is 1. The van der Waals surface area contributed by atoms with Gasteiger partial charge >= 0.3 is 6.09 Å². The van der Waals surface area contributed by atoms with Crippen molar-refractivity contribution >= 4 is 22.6 Å². The number of carbonyl (C=O) groups is 1. The predicted molar refractivity (Wildman–Crippen MR) is 105 cm³/mol. The molecule has 0 N–H and O–H groups in total. The third kappa shape index (κ3) is 3.84. The van der Waals surface area contributed by atoms with Crippen LogP contribution in [0.3, 0.4) is 0 Å². The summed E-state index contributed by atoms with van der Waals surface area (Å²) < 4.78 is 23.5. The van der Waals surface area contributed by atoms with E-state index < -0.39 is 0 Å². The van der Waals surface area contributed by atoms with Crippen LogP contribution in [0.1, 0.15) is 26.7 Å². The van der Waals surface area contributed by atoms with E-state index in [1.54, 1.807) is 17.0 Å². The Kier molecular flexibility index (Phi) is 5.14. The molecule has 2 aromatic rings. The third-order valence-corrected chi connectivity index (χ3v) is 6.23. The average Bonchev–Trinajstić information content (AvgIpc) is 3.12. The number of ether oxygens (including phenoxy) is 1. The Labute approximate surface area is 162 Å². The molecule has 27 heavy (non-hydrogen) atoms. The van der Waals surface area contributed by atoms with Crippen molar-refractivity contribution in [2.24, 2.45) is 5.92 Å². The Bertz CT molecular complexity index is 800. The zero-order valence-corrected chi connectivity index (χ0v) is 16.4. The van der Waals surface area contributed by atoms with Crippen molar-refractivity contribution in [2.75, 3.05) is 24.5 Å². The largest absolute Gasteiger partial charge is 0.444 e. The van der Waals surface area contributed by atoms with E-state index in [-0.39, 0.29) is 24.1 Å². The maximum absolute atomic E-state index is 13.1. The molecule has 3 aliphatic rings. The first-order chi connectivity index (χ1) is 13.0. The Hall–Kier alpha value is -1.99. The number of nitrogens with zero attached hydrogens (tertiary/aromatic N) is 3. The van der Waals surface area contributed by atoms with Gasteiger partial charge in [0.05, 0.1) is 5.69 Å².